The summed E-state index contributed by atoms with van der Waals surface area (Å²) in [4.78, 5) is 30.6. The third-order valence-electron chi connectivity index (χ3n) is 6.55. The minimum atomic E-state index is -1.19. The molecule has 0 fully saturated rings. The summed E-state index contributed by atoms with van der Waals surface area (Å²) in [5, 5.41) is 15.5. The van der Waals surface area contributed by atoms with E-state index in [1.54, 1.807) is 23.1 Å². The lowest BCUT2D eigenvalue weighted by Gasteiger charge is -2.32. The van der Waals surface area contributed by atoms with Crippen molar-refractivity contribution in [3.63, 3.8) is 0 Å². The lowest BCUT2D eigenvalue weighted by Crippen LogP contribution is -2.47. The molecule has 0 aliphatic carbocycles. The third-order valence-corrected chi connectivity index (χ3v) is 6.55. The number of oxazole rings is 1. The molecule has 0 spiro atoms. The van der Waals surface area contributed by atoms with E-state index in [1.165, 1.54) is 19.1 Å². The van der Waals surface area contributed by atoms with Crippen molar-refractivity contribution >= 4 is 40.4 Å². The molecule has 0 saturated carbocycles. The fourth-order valence-corrected chi connectivity index (χ4v) is 4.40. The van der Waals surface area contributed by atoms with Gasteiger partial charge in [-0.2, -0.15) is 4.98 Å². The number of hydrogen-bond donors (Lipinski definition) is 3. The van der Waals surface area contributed by atoms with Crippen molar-refractivity contribution in [3.05, 3.63) is 83.4 Å². The van der Waals surface area contributed by atoms with Gasteiger partial charge in [-0.25, -0.2) is 9.18 Å². The molecule has 0 radical (unpaired) electrons. The SMILES string of the molecule is CCC(CNc1ccc(C(=O)O)cc1)N(CC(C)F)C(=O)Cc1ccc2nc(Nc3ccccc3C)oc2c1. The second kappa shape index (κ2) is 12.4. The first kappa shape index (κ1) is 27.6. The second-order valence-electron chi connectivity index (χ2n) is 9.59. The first-order valence-electron chi connectivity index (χ1n) is 13.0. The first-order chi connectivity index (χ1) is 18.7. The van der Waals surface area contributed by atoms with E-state index in [0.717, 1.165) is 22.5 Å². The molecule has 0 bridgehead atoms. The van der Waals surface area contributed by atoms with Crippen LogP contribution < -0.4 is 10.6 Å². The molecule has 2 unspecified atom stereocenters. The highest BCUT2D eigenvalue weighted by atomic mass is 19.1. The number of carboxylic acid groups (broad SMARTS) is 1. The summed E-state index contributed by atoms with van der Waals surface area (Å²) < 4.78 is 20.0. The number of carboxylic acids is 1. The van der Waals surface area contributed by atoms with E-state index in [4.69, 9.17) is 9.52 Å². The van der Waals surface area contributed by atoms with Crippen molar-refractivity contribution in [2.75, 3.05) is 23.7 Å². The van der Waals surface area contributed by atoms with E-state index < -0.39 is 12.1 Å². The van der Waals surface area contributed by atoms with Gasteiger partial charge in [0.15, 0.2) is 5.58 Å². The smallest absolute Gasteiger partial charge is 0.335 e. The highest BCUT2D eigenvalue weighted by Crippen LogP contribution is 2.25. The summed E-state index contributed by atoms with van der Waals surface area (Å²) in [7, 11) is 0. The Morgan fingerprint density at radius 1 is 1.10 bits per heavy atom. The zero-order chi connectivity index (χ0) is 27.9. The fraction of sp³-hybridized carbons (Fsp3) is 0.300. The number of aromatic nitrogens is 1. The van der Waals surface area contributed by atoms with Gasteiger partial charge in [0.2, 0.25) is 5.91 Å². The standard InChI is InChI=1S/C30H33FN4O4/c1-4-24(17-32-23-12-10-22(11-13-23)29(37)38)35(18-20(3)31)28(36)16-21-9-14-26-27(15-21)39-30(34-26)33-25-8-6-5-7-19(25)2/h5-15,20,24,32H,4,16-18H2,1-3H3,(H,33,34)(H,37,38). The molecule has 1 aromatic heterocycles. The van der Waals surface area contributed by atoms with Crippen LogP contribution in [0.5, 0.6) is 0 Å². The van der Waals surface area contributed by atoms with Crippen LogP contribution in [0.15, 0.2) is 71.1 Å². The highest BCUT2D eigenvalue weighted by molar-refractivity contribution is 5.88. The summed E-state index contributed by atoms with van der Waals surface area (Å²) in [5.41, 5.74) is 4.84. The summed E-state index contributed by atoms with van der Waals surface area (Å²) in [5.74, 6) is -1.18. The number of aromatic carboxylic acids is 1. The highest BCUT2D eigenvalue weighted by Gasteiger charge is 2.25. The van der Waals surface area contributed by atoms with E-state index in [-0.39, 0.29) is 30.5 Å². The number of alkyl halides is 1. The van der Waals surface area contributed by atoms with Gasteiger partial charge in [0.05, 0.1) is 18.5 Å². The van der Waals surface area contributed by atoms with Crippen LogP contribution in [0.4, 0.5) is 21.8 Å². The zero-order valence-corrected chi connectivity index (χ0v) is 22.3. The van der Waals surface area contributed by atoms with Gasteiger partial charge in [0, 0.05) is 24.0 Å². The lowest BCUT2D eigenvalue weighted by molar-refractivity contribution is -0.133. The second-order valence-corrected chi connectivity index (χ2v) is 9.59. The average Bonchev–Trinajstić information content (AvgIpc) is 3.31. The molecule has 0 aliphatic rings. The Morgan fingerprint density at radius 2 is 1.85 bits per heavy atom. The maximum Gasteiger partial charge on any atom is 0.335 e. The van der Waals surface area contributed by atoms with Gasteiger partial charge in [0.1, 0.15) is 11.7 Å². The largest absolute Gasteiger partial charge is 0.478 e. The topological polar surface area (TPSA) is 108 Å². The van der Waals surface area contributed by atoms with Crippen LogP contribution in [0.2, 0.25) is 0 Å². The van der Waals surface area contributed by atoms with Crippen molar-refractivity contribution in [2.24, 2.45) is 0 Å². The minimum Gasteiger partial charge on any atom is -0.478 e. The van der Waals surface area contributed by atoms with Gasteiger partial charge in [0.25, 0.3) is 6.01 Å². The normalized spacial score (nSPS) is 12.6. The molecule has 3 aromatic carbocycles. The van der Waals surface area contributed by atoms with Gasteiger partial charge in [-0.15, -0.1) is 0 Å². The number of benzene rings is 3. The van der Waals surface area contributed by atoms with Gasteiger partial charge in [-0.3, -0.25) is 4.79 Å². The molecule has 0 saturated heterocycles. The first-order valence-corrected chi connectivity index (χ1v) is 13.0. The lowest BCUT2D eigenvalue weighted by atomic mass is 10.1. The molecule has 3 N–H and O–H groups in total. The summed E-state index contributed by atoms with van der Waals surface area (Å²) in [6.07, 6.45) is -0.480. The quantitative estimate of drug-likeness (QED) is 0.199. The Labute approximate surface area is 226 Å². The number of carbonyl (C=O) groups is 2. The number of amides is 1. The fourth-order valence-electron chi connectivity index (χ4n) is 4.40. The van der Waals surface area contributed by atoms with Crippen LogP contribution in [-0.4, -0.2) is 52.2 Å². The van der Waals surface area contributed by atoms with Crippen LogP contribution >= 0.6 is 0 Å². The molecule has 1 heterocycles. The number of fused-ring (bicyclic) bond motifs is 1. The van der Waals surface area contributed by atoms with E-state index in [2.05, 4.69) is 15.6 Å². The number of halogens is 1. The van der Waals surface area contributed by atoms with Crippen molar-refractivity contribution in [1.82, 2.24) is 9.88 Å². The molecule has 0 aliphatic heterocycles. The van der Waals surface area contributed by atoms with E-state index >= 15 is 0 Å². The Hall–Kier alpha value is -4.40. The Balaban J connectivity index is 1.45. The third kappa shape index (κ3) is 7.13. The molecule has 1 amide bonds. The van der Waals surface area contributed by atoms with Gasteiger partial charge >= 0.3 is 5.97 Å². The molecular formula is C30H33FN4O4. The Kier molecular flexibility index (Phi) is 8.81. The van der Waals surface area contributed by atoms with E-state index in [0.29, 0.717) is 30.1 Å². The minimum absolute atomic E-state index is 0.0218. The molecule has 39 heavy (non-hydrogen) atoms. The van der Waals surface area contributed by atoms with Crippen molar-refractivity contribution in [3.8, 4) is 0 Å². The monoisotopic (exact) mass is 532 g/mol. The predicted octanol–water partition coefficient (Wildman–Crippen LogP) is 6.20. The predicted molar refractivity (Wildman–Crippen MR) is 150 cm³/mol. The number of anilines is 3. The Morgan fingerprint density at radius 3 is 2.51 bits per heavy atom. The number of para-hydroxylation sites is 1. The summed E-state index contributed by atoms with van der Waals surface area (Å²) in [6, 6.07) is 19.8. The molecule has 4 rings (SSSR count). The molecule has 8 nitrogen and oxygen atoms in total. The summed E-state index contributed by atoms with van der Waals surface area (Å²) >= 11 is 0. The van der Waals surface area contributed by atoms with Gasteiger partial charge < -0.3 is 25.1 Å². The molecular weight excluding hydrogens is 499 g/mol. The maximum absolute atomic E-state index is 14.1. The van der Waals surface area contributed by atoms with E-state index in [1.807, 2.05) is 50.2 Å². The Bertz CT molecular complexity index is 1430. The molecule has 9 heteroatoms. The van der Waals surface area contributed by atoms with Crippen LogP contribution in [0.1, 0.15) is 41.8 Å². The number of nitrogens with zero attached hydrogens (tertiary/aromatic N) is 2. The average molecular weight is 533 g/mol. The molecule has 2 atom stereocenters. The van der Waals surface area contributed by atoms with Crippen LogP contribution in [0.3, 0.4) is 0 Å². The summed E-state index contributed by atoms with van der Waals surface area (Å²) in [6.45, 7) is 5.76. The number of carbonyl (C=O) groups excluding carboxylic acids is 1. The number of nitrogens with one attached hydrogen (secondary N) is 2. The zero-order valence-electron chi connectivity index (χ0n) is 22.3. The molecule has 204 valence electrons. The number of aryl methyl sites for hydroxylation is 1. The van der Waals surface area contributed by atoms with Crippen molar-refractivity contribution in [2.45, 2.75) is 45.8 Å². The van der Waals surface area contributed by atoms with Crippen molar-refractivity contribution < 1.29 is 23.5 Å². The van der Waals surface area contributed by atoms with Crippen molar-refractivity contribution in [1.29, 1.82) is 0 Å². The number of hydrogen-bond acceptors (Lipinski definition) is 6. The van der Waals surface area contributed by atoms with Gasteiger partial charge in [-0.1, -0.05) is 31.2 Å². The maximum atomic E-state index is 14.1. The van der Waals surface area contributed by atoms with Crippen LogP contribution in [-0.2, 0) is 11.2 Å². The molecule has 4 aromatic rings. The van der Waals surface area contributed by atoms with E-state index in [9.17, 15) is 14.0 Å². The van der Waals surface area contributed by atoms with Crippen LogP contribution in [0.25, 0.3) is 11.1 Å². The van der Waals surface area contributed by atoms with Crippen LogP contribution in [0, 0.1) is 6.92 Å². The van der Waals surface area contributed by atoms with Gasteiger partial charge in [-0.05, 0) is 73.9 Å². The number of rotatable bonds is 12.